The molecule has 2 heterocycles. The van der Waals surface area contributed by atoms with Crippen LogP contribution >= 0.6 is 0 Å². The van der Waals surface area contributed by atoms with E-state index in [1.54, 1.807) is 0 Å². The first-order valence-electron chi connectivity index (χ1n) is 7.02. The van der Waals surface area contributed by atoms with Crippen LogP contribution in [-0.4, -0.2) is 30.6 Å². The number of carbonyl (C=O) groups excluding carboxylic acids is 1. The number of ether oxygens (including phenoxy) is 1. The number of aromatic nitrogens is 1. The molecule has 0 unspecified atom stereocenters. The van der Waals surface area contributed by atoms with Gasteiger partial charge < -0.3 is 21.1 Å². The molecule has 0 atom stereocenters. The summed E-state index contributed by atoms with van der Waals surface area (Å²) in [6.45, 7) is 4.20. The quantitative estimate of drug-likeness (QED) is 0.842. The van der Waals surface area contributed by atoms with Gasteiger partial charge in [0.1, 0.15) is 5.82 Å². The van der Waals surface area contributed by atoms with Gasteiger partial charge in [0.15, 0.2) is 0 Å². The van der Waals surface area contributed by atoms with Crippen molar-refractivity contribution in [2.45, 2.75) is 26.2 Å². The summed E-state index contributed by atoms with van der Waals surface area (Å²) in [5.41, 5.74) is 11.6. The lowest BCUT2D eigenvalue weighted by Gasteiger charge is -2.32. The fourth-order valence-corrected chi connectivity index (χ4v) is 2.52. The SMILES string of the molecule is CCOc1nc(N2CCC(CC(N)=O)CC2)ccc1N. The highest BCUT2D eigenvalue weighted by Crippen LogP contribution is 2.27. The van der Waals surface area contributed by atoms with Crippen LogP contribution < -0.4 is 21.1 Å². The van der Waals surface area contributed by atoms with Crippen LogP contribution in [0.1, 0.15) is 26.2 Å². The van der Waals surface area contributed by atoms with Gasteiger partial charge in [0.05, 0.1) is 12.3 Å². The topological polar surface area (TPSA) is 94.5 Å². The third-order valence-corrected chi connectivity index (χ3v) is 3.58. The third kappa shape index (κ3) is 3.53. The number of piperidine rings is 1. The van der Waals surface area contributed by atoms with Crippen molar-refractivity contribution in [1.82, 2.24) is 4.98 Å². The van der Waals surface area contributed by atoms with Gasteiger partial charge in [0.25, 0.3) is 0 Å². The zero-order valence-corrected chi connectivity index (χ0v) is 11.8. The van der Waals surface area contributed by atoms with Crippen LogP contribution in [-0.2, 0) is 4.79 Å². The molecular formula is C14H22N4O2. The maximum absolute atomic E-state index is 10.9. The van der Waals surface area contributed by atoms with E-state index in [4.69, 9.17) is 16.2 Å². The molecule has 110 valence electrons. The van der Waals surface area contributed by atoms with Crippen molar-refractivity contribution in [3.63, 3.8) is 0 Å². The molecule has 0 spiro atoms. The van der Waals surface area contributed by atoms with Gasteiger partial charge >= 0.3 is 0 Å². The van der Waals surface area contributed by atoms with Crippen molar-refractivity contribution in [3.05, 3.63) is 12.1 Å². The van der Waals surface area contributed by atoms with Gasteiger partial charge in [-0.25, -0.2) is 0 Å². The monoisotopic (exact) mass is 278 g/mol. The van der Waals surface area contributed by atoms with Crippen LogP contribution in [0.2, 0.25) is 0 Å². The van der Waals surface area contributed by atoms with E-state index in [1.165, 1.54) is 0 Å². The van der Waals surface area contributed by atoms with Gasteiger partial charge in [-0.1, -0.05) is 0 Å². The first-order chi connectivity index (χ1) is 9.60. The molecule has 1 fully saturated rings. The Bertz CT molecular complexity index is 470. The van der Waals surface area contributed by atoms with Crippen LogP contribution in [0.5, 0.6) is 5.88 Å². The number of nitrogens with two attached hydrogens (primary N) is 2. The molecule has 1 aromatic rings. The van der Waals surface area contributed by atoms with Crippen molar-refractivity contribution in [3.8, 4) is 5.88 Å². The molecule has 6 heteroatoms. The summed E-state index contributed by atoms with van der Waals surface area (Å²) in [5.74, 6) is 1.54. The standard InChI is InChI=1S/C14H22N4O2/c1-2-20-14-11(15)3-4-13(17-14)18-7-5-10(6-8-18)9-12(16)19/h3-4,10H,2,5-9,15H2,1H3,(H2,16,19). The molecule has 4 N–H and O–H groups in total. The van der Waals surface area contributed by atoms with Crippen molar-refractivity contribution in [2.24, 2.45) is 11.7 Å². The first kappa shape index (κ1) is 14.4. The Morgan fingerprint density at radius 1 is 1.45 bits per heavy atom. The third-order valence-electron chi connectivity index (χ3n) is 3.58. The van der Waals surface area contributed by atoms with E-state index in [9.17, 15) is 4.79 Å². The lowest BCUT2D eigenvalue weighted by molar-refractivity contribution is -0.119. The fraction of sp³-hybridized carbons (Fsp3) is 0.571. The molecule has 1 aliphatic heterocycles. The normalized spacial score (nSPS) is 16.1. The molecule has 1 aliphatic rings. The van der Waals surface area contributed by atoms with E-state index in [1.807, 2.05) is 19.1 Å². The summed E-state index contributed by atoms with van der Waals surface area (Å²) in [5, 5.41) is 0. The number of hydrogen-bond donors (Lipinski definition) is 2. The molecule has 6 nitrogen and oxygen atoms in total. The molecule has 0 aromatic carbocycles. The van der Waals surface area contributed by atoms with Gasteiger partial charge in [0.2, 0.25) is 11.8 Å². The molecule has 0 bridgehead atoms. The van der Waals surface area contributed by atoms with E-state index in [-0.39, 0.29) is 5.91 Å². The number of primary amides is 1. The molecule has 2 rings (SSSR count). The number of nitrogens with zero attached hydrogens (tertiary/aromatic N) is 2. The molecule has 20 heavy (non-hydrogen) atoms. The molecule has 1 amide bonds. The van der Waals surface area contributed by atoms with Crippen LogP contribution in [0, 0.1) is 5.92 Å². The van der Waals surface area contributed by atoms with Crippen LogP contribution in [0.3, 0.4) is 0 Å². The van der Waals surface area contributed by atoms with Crippen molar-refractivity contribution in [1.29, 1.82) is 0 Å². The molecule has 0 aliphatic carbocycles. The second-order valence-corrected chi connectivity index (χ2v) is 5.10. The molecule has 1 saturated heterocycles. The summed E-state index contributed by atoms with van der Waals surface area (Å²) < 4.78 is 5.42. The van der Waals surface area contributed by atoms with Crippen LogP contribution in [0.25, 0.3) is 0 Å². The minimum absolute atomic E-state index is 0.215. The summed E-state index contributed by atoms with van der Waals surface area (Å²) in [6, 6.07) is 3.73. The second kappa shape index (κ2) is 6.45. The minimum Gasteiger partial charge on any atom is -0.476 e. The predicted molar refractivity (Wildman–Crippen MR) is 78.6 cm³/mol. The smallest absolute Gasteiger partial charge is 0.239 e. The number of carbonyl (C=O) groups is 1. The Labute approximate surface area is 119 Å². The zero-order valence-electron chi connectivity index (χ0n) is 11.8. The summed E-state index contributed by atoms with van der Waals surface area (Å²) in [7, 11) is 0. The highest BCUT2D eigenvalue weighted by atomic mass is 16.5. The van der Waals surface area contributed by atoms with Gasteiger partial charge in [-0.05, 0) is 37.8 Å². The number of rotatable bonds is 5. The van der Waals surface area contributed by atoms with Crippen LogP contribution in [0.4, 0.5) is 11.5 Å². The predicted octanol–water partition coefficient (Wildman–Crippen LogP) is 1.15. The van der Waals surface area contributed by atoms with Crippen molar-refractivity contribution in [2.75, 3.05) is 30.3 Å². The zero-order chi connectivity index (χ0) is 14.5. The fourth-order valence-electron chi connectivity index (χ4n) is 2.52. The summed E-state index contributed by atoms with van der Waals surface area (Å²) in [4.78, 5) is 17.6. The summed E-state index contributed by atoms with van der Waals surface area (Å²) in [6.07, 6.45) is 2.39. The molecule has 0 radical (unpaired) electrons. The number of nitrogen functional groups attached to an aromatic ring is 1. The van der Waals surface area contributed by atoms with Gasteiger partial charge in [0, 0.05) is 19.5 Å². The molecule has 1 aromatic heterocycles. The van der Waals surface area contributed by atoms with Crippen molar-refractivity contribution >= 4 is 17.4 Å². The van der Waals surface area contributed by atoms with E-state index >= 15 is 0 Å². The Kier molecular flexibility index (Phi) is 4.65. The number of amides is 1. The van der Waals surface area contributed by atoms with Gasteiger partial charge in [-0.3, -0.25) is 4.79 Å². The Morgan fingerprint density at radius 3 is 2.75 bits per heavy atom. The number of anilines is 2. The first-order valence-corrected chi connectivity index (χ1v) is 7.02. The maximum atomic E-state index is 10.9. The average Bonchev–Trinajstić information content (AvgIpc) is 2.42. The summed E-state index contributed by atoms with van der Waals surface area (Å²) >= 11 is 0. The Morgan fingerprint density at radius 2 is 2.15 bits per heavy atom. The highest BCUT2D eigenvalue weighted by Gasteiger charge is 2.22. The highest BCUT2D eigenvalue weighted by molar-refractivity contribution is 5.74. The number of pyridine rings is 1. The second-order valence-electron chi connectivity index (χ2n) is 5.10. The molecule has 0 saturated carbocycles. The lowest BCUT2D eigenvalue weighted by Crippen LogP contribution is -2.35. The lowest BCUT2D eigenvalue weighted by atomic mass is 9.93. The Hall–Kier alpha value is -1.98. The van der Waals surface area contributed by atoms with E-state index in [2.05, 4.69) is 9.88 Å². The minimum atomic E-state index is -0.215. The maximum Gasteiger partial charge on any atom is 0.239 e. The van der Waals surface area contributed by atoms with Gasteiger partial charge in [-0.15, -0.1) is 0 Å². The van der Waals surface area contributed by atoms with Crippen LogP contribution in [0.15, 0.2) is 12.1 Å². The van der Waals surface area contributed by atoms with E-state index in [0.717, 1.165) is 31.7 Å². The average molecular weight is 278 g/mol. The van der Waals surface area contributed by atoms with Crippen molar-refractivity contribution < 1.29 is 9.53 Å². The Balaban J connectivity index is 1.99. The van der Waals surface area contributed by atoms with E-state index < -0.39 is 0 Å². The van der Waals surface area contributed by atoms with E-state index in [0.29, 0.717) is 30.5 Å². The van der Waals surface area contributed by atoms with Gasteiger partial charge in [-0.2, -0.15) is 4.98 Å². The number of hydrogen-bond acceptors (Lipinski definition) is 5. The molecular weight excluding hydrogens is 256 g/mol. The largest absolute Gasteiger partial charge is 0.476 e.